The van der Waals surface area contributed by atoms with Crippen molar-refractivity contribution in [2.75, 3.05) is 43.4 Å². The van der Waals surface area contributed by atoms with Gasteiger partial charge in [-0.1, -0.05) is 82.5 Å². The van der Waals surface area contributed by atoms with E-state index in [4.69, 9.17) is 0 Å². The summed E-state index contributed by atoms with van der Waals surface area (Å²) in [4.78, 5) is 91.6. The van der Waals surface area contributed by atoms with E-state index in [1.54, 1.807) is 29.9 Å². The molecule has 2 aliphatic rings. The van der Waals surface area contributed by atoms with Crippen LogP contribution in [0.3, 0.4) is 0 Å². The second-order valence-corrected chi connectivity index (χ2v) is 22.0. The number of β-amino-alcohol motifs (C(OH)–C–C–N with tert-alkyl or cyclic N) is 1. The van der Waals surface area contributed by atoms with Gasteiger partial charge in [0.15, 0.2) is 0 Å². The van der Waals surface area contributed by atoms with Crippen molar-refractivity contribution in [1.29, 1.82) is 0 Å². The molecule has 3 aromatic carbocycles. The molecule has 77 heavy (non-hydrogen) atoms. The van der Waals surface area contributed by atoms with Gasteiger partial charge in [0.2, 0.25) is 29.6 Å². The molecule has 17 nitrogen and oxygen atoms in total. The Morgan fingerprint density at radius 2 is 1.53 bits per heavy atom. The van der Waals surface area contributed by atoms with E-state index >= 15 is 0 Å². The van der Waals surface area contributed by atoms with Gasteiger partial charge in [0.1, 0.15) is 12.1 Å². The summed E-state index contributed by atoms with van der Waals surface area (Å²) in [5, 5.41) is 22.8. The Morgan fingerprint density at radius 1 is 0.805 bits per heavy atom. The number of thiazole rings is 1. The Kier molecular flexibility index (Phi) is 18.9. The number of hydrogen-bond acceptors (Lipinski definition) is 13. The van der Waals surface area contributed by atoms with E-state index in [0.29, 0.717) is 43.1 Å². The lowest BCUT2D eigenvalue weighted by Gasteiger charge is -2.35. The van der Waals surface area contributed by atoms with Crippen LogP contribution in [0.25, 0.3) is 21.7 Å². The maximum Gasteiger partial charge on any atom is 0.255 e. The number of aliphatic hydroxyl groups is 1. The normalized spacial score (nSPS) is 16.2. The number of benzene rings is 3. The van der Waals surface area contributed by atoms with Crippen LogP contribution in [0, 0.1) is 19.3 Å². The highest BCUT2D eigenvalue weighted by molar-refractivity contribution is 7.13. The van der Waals surface area contributed by atoms with Gasteiger partial charge in [0.05, 0.1) is 27.9 Å². The first kappa shape index (κ1) is 55.8. The van der Waals surface area contributed by atoms with Gasteiger partial charge in [-0.2, -0.15) is 0 Å². The number of aliphatic hydroxyl groups excluding tert-OH is 1. The quantitative estimate of drug-likeness (QED) is 0.0430. The highest BCUT2D eigenvalue weighted by atomic mass is 32.1. The number of carbonyl (C=O) groups excluding carboxylic acids is 5. The standard InChI is InChI=1S/C59H71N11O6S/c1-39-15-24-46(32-49(39)66-58-61-27-25-48(65-58)45-12-11-26-60-35-45)64-55(74)44-22-18-42(19-23-44)36-68-28-30-69(31-29-68)52(73)14-10-8-6-7-9-13-51(72)67-54(59(3,4)5)57(76)70-37-47(71)33-50(70)56(75)62-34-41-16-20-43(21-17-41)53-40(2)63-38-77-53/h11-12,15-27,32,35,38,47,50,54,71H,6-10,13-14,28-31,33-34,36-37H2,1-5H3,(H,62,75)(H,64,74)(H,67,72)(H,61,65,66)/t47?,50?,54-/m1/s1. The molecular weight excluding hydrogens is 991 g/mol. The maximum absolute atomic E-state index is 14.1. The molecule has 0 radical (unpaired) electrons. The van der Waals surface area contributed by atoms with Gasteiger partial charge in [-0.05, 0) is 96.8 Å². The molecule has 2 unspecified atom stereocenters. The highest BCUT2D eigenvalue weighted by Gasteiger charge is 2.44. The first-order chi connectivity index (χ1) is 37.1. The van der Waals surface area contributed by atoms with Crippen LogP contribution in [0.5, 0.6) is 0 Å². The SMILES string of the molecule is Cc1ccc(NC(=O)c2ccc(CN3CCN(C(=O)CCCCCCCC(=O)N[C@H](C(=O)N4CC(O)CC4C(=O)NCc4ccc(-c5scnc5C)cc4)C(C)(C)C)CC3)cc2)cc1Nc1nccc(-c2cccnc2)n1. The number of rotatable bonds is 21. The zero-order valence-corrected chi connectivity index (χ0v) is 45.6. The molecule has 0 saturated carbocycles. The van der Waals surface area contributed by atoms with Crippen LogP contribution < -0.4 is 21.3 Å². The number of nitrogens with zero attached hydrogens (tertiary/aromatic N) is 7. The van der Waals surface area contributed by atoms with Crippen molar-refractivity contribution in [3.05, 3.63) is 137 Å². The molecule has 0 bridgehead atoms. The number of unbranched alkanes of at least 4 members (excludes halogenated alkanes) is 4. The van der Waals surface area contributed by atoms with E-state index in [2.05, 4.69) is 46.1 Å². The number of likely N-dealkylation sites (tertiary alicyclic amines) is 1. The second-order valence-electron chi connectivity index (χ2n) is 21.2. The molecule has 0 spiro atoms. The van der Waals surface area contributed by atoms with Crippen LogP contribution in [0.1, 0.15) is 105 Å². The Morgan fingerprint density at radius 3 is 2.23 bits per heavy atom. The molecule has 5 amide bonds. The molecule has 2 saturated heterocycles. The lowest BCUT2D eigenvalue weighted by atomic mass is 9.85. The minimum Gasteiger partial charge on any atom is -0.391 e. The van der Waals surface area contributed by atoms with Gasteiger partial charge in [-0.25, -0.2) is 15.0 Å². The number of piperazine rings is 1. The van der Waals surface area contributed by atoms with E-state index in [-0.39, 0.29) is 55.5 Å². The summed E-state index contributed by atoms with van der Waals surface area (Å²) in [5.74, 6) is -0.577. The zero-order chi connectivity index (χ0) is 54.5. The van der Waals surface area contributed by atoms with Gasteiger partial charge in [0, 0.05) is 106 Å². The molecule has 2 fully saturated rings. The van der Waals surface area contributed by atoms with Crippen molar-refractivity contribution in [1.82, 2.24) is 45.3 Å². The van der Waals surface area contributed by atoms with E-state index in [9.17, 15) is 29.1 Å². The molecule has 5 heterocycles. The number of aryl methyl sites for hydroxylation is 2. The predicted molar refractivity (Wildman–Crippen MR) is 300 cm³/mol. The molecular formula is C59H71N11O6S. The van der Waals surface area contributed by atoms with Crippen LogP contribution in [0.2, 0.25) is 0 Å². The maximum atomic E-state index is 14.1. The molecule has 18 heteroatoms. The Hall–Kier alpha value is -7.41. The van der Waals surface area contributed by atoms with Gasteiger partial charge < -0.3 is 36.2 Å². The summed E-state index contributed by atoms with van der Waals surface area (Å²) in [6.07, 6.45) is 9.19. The Labute approximate surface area is 455 Å². The topological polar surface area (TPSA) is 215 Å². The average molecular weight is 1060 g/mol. The van der Waals surface area contributed by atoms with Gasteiger partial charge >= 0.3 is 0 Å². The summed E-state index contributed by atoms with van der Waals surface area (Å²) in [6, 6.07) is 25.1. The number of hydrogen-bond donors (Lipinski definition) is 5. The minimum atomic E-state index is -0.881. The van der Waals surface area contributed by atoms with Crippen LogP contribution >= 0.6 is 11.3 Å². The lowest BCUT2D eigenvalue weighted by molar-refractivity contribution is -0.144. The first-order valence-corrected chi connectivity index (χ1v) is 27.5. The van der Waals surface area contributed by atoms with Gasteiger partial charge in [0.25, 0.3) is 5.91 Å². The number of amides is 5. The number of pyridine rings is 1. The summed E-state index contributed by atoms with van der Waals surface area (Å²) in [6.45, 7) is 13.5. The minimum absolute atomic E-state index is 0.0150. The number of carbonyl (C=O) groups is 5. The van der Waals surface area contributed by atoms with Crippen LogP contribution in [-0.4, -0.2) is 120 Å². The second kappa shape index (κ2) is 26.1. The first-order valence-electron chi connectivity index (χ1n) is 26.6. The van der Waals surface area contributed by atoms with Crippen LogP contribution in [0.15, 0.2) is 109 Å². The monoisotopic (exact) mass is 1060 g/mol. The van der Waals surface area contributed by atoms with Gasteiger partial charge in [-0.15, -0.1) is 11.3 Å². The zero-order valence-electron chi connectivity index (χ0n) is 44.8. The number of nitrogens with one attached hydrogen (secondary N) is 4. The van der Waals surface area contributed by atoms with E-state index in [1.165, 1.54) is 4.90 Å². The van der Waals surface area contributed by atoms with Crippen molar-refractivity contribution in [2.24, 2.45) is 5.41 Å². The fourth-order valence-corrected chi connectivity index (χ4v) is 10.5. The third-order valence-electron chi connectivity index (χ3n) is 14.2. The molecule has 5 N–H and O–H groups in total. The average Bonchev–Trinajstić information content (AvgIpc) is 4.06. The molecule has 3 atom stereocenters. The molecule has 0 aliphatic carbocycles. The van der Waals surface area contributed by atoms with E-state index in [1.807, 2.05) is 130 Å². The van der Waals surface area contributed by atoms with Crippen molar-refractivity contribution >= 4 is 58.2 Å². The number of anilines is 3. The van der Waals surface area contributed by atoms with Crippen molar-refractivity contribution in [3.63, 3.8) is 0 Å². The molecule has 6 aromatic rings. The molecule has 2 aliphatic heterocycles. The van der Waals surface area contributed by atoms with E-state index in [0.717, 1.165) is 95.1 Å². The lowest BCUT2D eigenvalue weighted by Crippen LogP contribution is -2.57. The van der Waals surface area contributed by atoms with Crippen molar-refractivity contribution < 1.29 is 29.1 Å². The third-order valence-corrected chi connectivity index (χ3v) is 15.2. The summed E-state index contributed by atoms with van der Waals surface area (Å²) in [5.41, 5.74) is 9.76. The molecule has 404 valence electrons. The molecule has 3 aromatic heterocycles. The fraction of sp³-hybridized carbons (Fsp3) is 0.407. The largest absolute Gasteiger partial charge is 0.391 e. The summed E-state index contributed by atoms with van der Waals surface area (Å²) >= 11 is 1.58. The highest BCUT2D eigenvalue weighted by Crippen LogP contribution is 2.30. The summed E-state index contributed by atoms with van der Waals surface area (Å²) in [7, 11) is 0. The molecule has 8 rings (SSSR count). The fourth-order valence-electron chi connectivity index (χ4n) is 9.69. The predicted octanol–water partition coefficient (Wildman–Crippen LogP) is 8.46. The van der Waals surface area contributed by atoms with Crippen LogP contribution in [-0.2, 0) is 32.3 Å². The Balaban J connectivity index is 0.698. The van der Waals surface area contributed by atoms with E-state index < -0.39 is 23.6 Å². The van der Waals surface area contributed by atoms with Crippen molar-refractivity contribution in [2.45, 2.75) is 117 Å². The Bertz CT molecular complexity index is 2970. The summed E-state index contributed by atoms with van der Waals surface area (Å²) < 4.78 is 0. The van der Waals surface area contributed by atoms with Gasteiger partial charge in [-0.3, -0.25) is 33.9 Å². The van der Waals surface area contributed by atoms with Crippen molar-refractivity contribution in [3.8, 4) is 21.7 Å². The van der Waals surface area contributed by atoms with Crippen LogP contribution in [0.4, 0.5) is 17.3 Å². The smallest absolute Gasteiger partial charge is 0.255 e. The third kappa shape index (κ3) is 15.4. The number of aromatic nitrogens is 4.